The molecule has 0 spiro atoms. The highest BCUT2D eigenvalue weighted by Gasteiger charge is 2.18. The average molecular weight is 568 g/mol. The maximum absolute atomic E-state index is 12.4. The lowest BCUT2D eigenvalue weighted by atomic mass is 10.2. The molecule has 224 valence electrons. The molecular formula is C30H45N7O4. The number of piperazine rings is 2. The summed E-state index contributed by atoms with van der Waals surface area (Å²) in [7, 11) is 2.16. The van der Waals surface area contributed by atoms with E-state index < -0.39 is 6.09 Å². The van der Waals surface area contributed by atoms with Crippen LogP contribution < -0.4 is 25.6 Å². The summed E-state index contributed by atoms with van der Waals surface area (Å²) in [6, 6.07) is 15.1. The van der Waals surface area contributed by atoms with Crippen molar-refractivity contribution in [2.45, 2.75) is 13.3 Å². The second kappa shape index (κ2) is 16.0. The van der Waals surface area contributed by atoms with Crippen molar-refractivity contribution < 1.29 is 19.1 Å². The van der Waals surface area contributed by atoms with Crippen molar-refractivity contribution in [3.8, 4) is 5.75 Å². The molecule has 11 nitrogen and oxygen atoms in total. The molecule has 2 aromatic rings. The van der Waals surface area contributed by atoms with E-state index in [1.807, 2.05) is 43.3 Å². The van der Waals surface area contributed by atoms with E-state index in [1.165, 1.54) is 0 Å². The number of para-hydroxylation sites is 2. The number of nitrogens with one attached hydrogen (secondary N) is 3. The van der Waals surface area contributed by atoms with E-state index in [0.29, 0.717) is 37.7 Å². The molecule has 0 unspecified atom stereocenters. The molecule has 0 saturated carbocycles. The van der Waals surface area contributed by atoms with Crippen molar-refractivity contribution in [3.63, 3.8) is 0 Å². The van der Waals surface area contributed by atoms with Crippen molar-refractivity contribution in [1.82, 2.24) is 20.0 Å². The number of rotatable bonds is 12. The number of hydrogen-bond donors (Lipinski definition) is 3. The molecule has 2 aliphatic rings. The third-order valence-corrected chi connectivity index (χ3v) is 7.44. The third kappa shape index (κ3) is 10.1. The molecule has 2 aromatic carbocycles. The smallest absolute Gasteiger partial charge is 0.411 e. The van der Waals surface area contributed by atoms with Crippen molar-refractivity contribution in [3.05, 3.63) is 48.5 Å². The first-order chi connectivity index (χ1) is 20.0. The number of anilines is 3. The predicted octanol–water partition coefficient (Wildman–Crippen LogP) is 3.22. The monoisotopic (exact) mass is 567 g/mol. The minimum atomic E-state index is -0.487. The van der Waals surface area contributed by atoms with Crippen molar-refractivity contribution in [2.75, 3.05) is 108 Å². The summed E-state index contributed by atoms with van der Waals surface area (Å²) in [4.78, 5) is 34.1. The normalized spacial score (nSPS) is 16.7. The van der Waals surface area contributed by atoms with Gasteiger partial charge in [-0.15, -0.1) is 0 Å². The van der Waals surface area contributed by atoms with E-state index in [1.54, 1.807) is 6.07 Å². The number of ether oxygens (including phenoxy) is 2. The lowest BCUT2D eigenvalue weighted by molar-refractivity contribution is 0.137. The first kappa shape index (κ1) is 30.4. The summed E-state index contributed by atoms with van der Waals surface area (Å²) in [5.74, 6) is 0.625. The van der Waals surface area contributed by atoms with Crippen LogP contribution in [0.25, 0.3) is 0 Å². The van der Waals surface area contributed by atoms with E-state index in [0.717, 1.165) is 76.7 Å². The van der Waals surface area contributed by atoms with Gasteiger partial charge in [0.25, 0.3) is 0 Å². The number of carbonyl (C=O) groups is 2. The number of amides is 3. The number of likely N-dealkylation sites (N-methyl/N-ethyl adjacent to an activating group) is 1. The zero-order valence-electron chi connectivity index (χ0n) is 24.4. The average Bonchev–Trinajstić information content (AvgIpc) is 2.98. The van der Waals surface area contributed by atoms with Gasteiger partial charge in [-0.2, -0.15) is 0 Å². The summed E-state index contributed by atoms with van der Waals surface area (Å²) in [6.45, 7) is 12.9. The summed E-state index contributed by atoms with van der Waals surface area (Å²) in [6.07, 6.45) is 0.457. The Balaban J connectivity index is 1.11. The Hall–Kier alpha value is -3.54. The molecule has 0 bridgehead atoms. The molecule has 0 atom stereocenters. The summed E-state index contributed by atoms with van der Waals surface area (Å²) >= 11 is 0. The highest BCUT2D eigenvalue weighted by molar-refractivity contribution is 5.89. The van der Waals surface area contributed by atoms with E-state index in [9.17, 15) is 9.59 Å². The maximum atomic E-state index is 12.4. The summed E-state index contributed by atoms with van der Waals surface area (Å²) in [5.41, 5.74) is 2.47. The number of benzene rings is 2. The lowest BCUT2D eigenvalue weighted by Crippen LogP contribution is -2.47. The van der Waals surface area contributed by atoms with Gasteiger partial charge in [0.1, 0.15) is 12.4 Å². The molecule has 0 aliphatic carbocycles. The minimum Gasteiger partial charge on any atom is -0.492 e. The molecule has 0 aromatic heterocycles. The topological polar surface area (TPSA) is 102 Å². The van der Waals surface area contributed by atoms with E-state index >= 15 is 0 Å². The number of hydrogen-bond acceptors (Lipinski definition) is 8. The van der Waals surface area contributed by atoms with Crippen LogP contribution in [0.4, 0.5) is 26.7 Å². The van der Waals surface area contributed by atoms with Gasteiger partial charge in [-0.3, -0.25) is 10.2 Å². The molecule has 0 radical (unpaired) electrons. The molecule has 2 aliphatic heterocycles. The van der Waals surface area contributed by atoms with Crippen LogP contribution in [0.5, 0.6) is 5.75 Å². The quantitative estimate of drug-likeness (QED) is 0.336. The molecule has 4 rings (SSSR count). The van der Waals surface area contributed by atoms with Crippen molar-refractivity contribution >= 4 is 29.2 Å². The summed E-state index contributed by atoms with van der Waals surface area (Å²) in [5, 5.41) is 8.71. The first-order valence-corrected chi connectivity index (χ1v) is 14.7. The van der Waals surface area contributed by atoms with Gasteiger partial charge >= 0.3 is 12.1 Å². The summed E-state index contributed by atoms with van der Waals surface area (Å²) < 4.78 is 10.9. The Morgan fingerprint density at radius 3 is 2.37 bits per heavy atom. The van der Waals surface area contributed by atoms with Gasteiger partial charge in [0.2, 0.25) is 0 Å². The van der Waals surface area contributed by atoms with E-state index in [2.05, 4.69) is 48.7 Å². The Morgan fingerprint density at radius 2 is 1.59 bits per heavy atom. The van der Waals surface area contributed by atoms with Crippen molar-refractivity contribution in [1.29, 1.82) is 0 Å². The van der Waals surface area contributed by atoms with Gasteiger partial charge in [0.05, 0.1) is 12.3 Å². The lowest BCUT2D eigenvalue weighted by Gasteiger charge is -2.36. The van der Waals surface area contributed by atoms with Gasteiger partial charge in [-0.1, -0.05) is 18.2 Å². The second-order valence-electron chi connectivity index (χ2n) is 10.4. The van der Waals surface area contributed by atoms with Crippen LogP contribution in [-0.4, -0.2) is 119 Å². The molecule has 3 N–H and O–H groups in total. The fourth-order valence-corrected chi connectivity index (χ4v) is 5.03. The standard InChI is InChI=1S/C30H45N7O4/c1-3-40-28-11-5-4-10-27(28)33-30(39)41-23-22-36-18-20-37(21-19-36)26-9-6-8-25(24-26)32-29(38)31-12-7-13-35-16-14-34(2)15-17-35/h4-6,8-11,24H,3,7,12-23H2,1-2H3,(H,33,39)(H2,31,32,38). The zero-order valence-corrected chi connectivity index (χ0v) is 24.4. The molecule has 2 fully saturated rings. The van der Waals surface area contributed by atoms with Crippen LogP contribution in [0, 0.1) is 0 Å². The number of carbonyl (C=O) groups excluding carboxylic acids is 2. The Morgan fingerprint density at radius 1 is 0.854 bits per heavy atom. The van der Waals surface area contributed by atoms with Crippen LogP contribution in [0.2, 0.25) is 0 Å². The molecule has 11 heteroatoms. The molecule has 2 saturated heterocycles. The fraction of sp³-hybridized carbons (Fsp3) is 0.533. The van der Waals surface area contributed by atoms with Crippen LogP contribution in [0.1, 0.15) is 13.3 Å². The van der Waals surface area contributed by atoms with E-state index in [4.69, 9.17) is 9.47 Å². The molecule has 3 amide bonds. The van der Waals surface area contributed by atoms with Crippen LogP contribution in [0.15, 0.2) is 48.5 Å². The molecule has 2 heterocycles. The minimum absolute atomic E-state index is 0.171. The van der Waals surface area contributed by atoms with Crippen LogP contribution in [0.3, 0.4) is 0 Å². The van der Waals surface area contributed by atoms with Crippen LogP contribution >= 0.6 is 0 Å². The largest absolute Gasteiger partial charge is 0.492 e. The van der Waals surface area contributed by atoms with E-state index in [-0.39, 0.29) is 6.03 Å². The Bertz CT molecular complexity index is 1100. The SMILES string of the molecule is CCOc1ccccc1NC(=O)OCCN1CCN(c2cccc(NC(=O)NCCCN3CCN(C)CC3)c2)CC1. The van der Waals surface area contributed by atoms with Gasteiger partial charge < -0.3 is 34.8 Å². The molecular weight excluding hydrogens is 522 g/mol. The second-order valence-corrected chi connectivity index (χ2v) is 10.4. The number of urea groups is 1. The first-order valence-electron chi connectivity index (χ1n) is 14.7. The predicted molar refractivity (Wildman–Crippen MR) is 163 cm³/mol. The van der Waals surface area contributed by atoms with Gasteiger partial charge in [-0.05, 0) is 57.3 Å². The maximum Gasteiger partial charge on any atom is 0.411 e. The van der Waals surface area contributed by atoms with Crippen molar-refractivity contribution in [2.24, 2.45) is 0 Å². The van der Waals surface area contributed by atoms with Gasteiger partial charge in [-0.25, -0.2) is 9.59 Å². The Labute approximate surface area is 243 Å². The third-order valence-electron chi connectivity index (χ3n) is 7.44. The number of nitrogens with zero attached hydrogens (tertiary/aromatic N) is 4. The Kier molecular flexibility index (Phi) is 11.9. The van der Waals surface area contributed by atoms with Crippen LogP contribution in [-0.2, 0) is 4.74 Å². The molecule has 41 heavy (non-hydrogen) atoms. The fourth-order valence-electron chi connectivity index (χ4n) is 5.03. The highest BCUT2D eigenvalue weighted by Crippen LogP contribution is 2.24. The highest BCUT2D eigenvalue weighted by atomic mass is 16.5. The van der Waals surface area contributed by atoms with Gasteiger partial charge in [0, 0.05) is 76.8 Å². The zero-order chi connectivity index (χ0) is 28.9. The van der Waals surface area contributed by atoms with Gasteiger partial charge in [0.15, 0.2) is 0 Å².